The van der Waals surface area contributed by atoms with Gasteiger partial charge in [0.1, 0.15) is 0 Å². The maximum Gasteiger partial charge on any atom is 0.0668 e. The molecule has 3 heteroatoms. The topological polar surface area (TPSA) is 15.3 Å². The Morgan fingerprint density at radius 1 is 1.10 bits per heavy atom. The van der Waals surface area contributed by atoms with Crippen LogP contribution >= 0.6 is 15.9 Å². The SMILES string of the molecule is CCC1CN(c2ccccc2Br)C(c2ccccc2)CN1. The fourth-order valence-electron chi connectivity index (χ4n) is 3.02. The van der Waals surface area contributed by atoms with Gasteiger partial charge < -0.3 is 10.2 Å². The van der Waals surface area contributed by atoms with Gasteiger partial charge in [0.2, 0.25) is 0 Å². The van der Waals surface area contributed by atoms with Crippen molar-refractivity contribution in [3.8, 4) is 0 Å². The molecule has 2 aromatic rings. The number of piperazine rings is 1. The minimum Gasteiger partial charge on any atom is -0.361 e. The molecule has 2 aromatic carbocycles. The Labute approximate surface area is 135 Å². The third-order valence-corrected chi connectivity index (χ3v) is 4.90. The van der Waals surface area contributed by atoms with Crippen molar-refractivity contribution in [1.82, 2.24) is 5.32 Å². The van der Waals surface area contributed by atoms with Crippen molar-refractivity contribution in [1.29, 1.82) is 0 Å². The van der Waals surface area contributed by atoms with E-state index in [9.17, 15) is 0 Å². The minimum absolute atomic E-state index is 0.382. The highest BCUT2D eigenvalue weighted by atomic mass is 79.9. The van der Waals surface area contributed by atoms with Gasteiger partial charge in [-0.25, -0.2) is 0 Å². The monoisotopic (exact) mass is 344 g/mol. The molecule has 0 aromatic heterocycles. The Kier molecular flexibility index (Phi) is 4.61. The summed E-state index contributed by atoms with van der Waals surface area (Å²) in [5, 5.41) is 3.68. The smallest absolute Gasteiger partial charge is 0.0668 e. The first-order chi connectivity index (χ1) is 10.3. The molecule has 0 saturated carbocycles. The molecule has 1 aliphatic heterocycles. The van der Waals surface area contributed by atoms with Gasteiger partial charge in [0.05, 0.1) is 11.7 Å². The number of hydrogen-bond acceptors (Lipinski definition) is 2. The van der Waals surface area contributed by atoms with Crippen LogP contribution in [0.5, 0.6) is 0 Å². The van der Waals surface area contributed by atoms with E-state index in [-0.39, 0.29) is 0 Å². The highest BCUT2D eigenvalue weighted by molar-refractivity contribution is 9.10. The Morgan fingerprint density at radius 3 is 2.52 bits per heavy atom. The Bertz CT molecular complexity index is 585. The lowest BCUT2D eigenvalue weighted by atomic mass is 9.99. The van der Waals surface area contributed by atoms with Gasteiger partial charge in [-0.3, -0.25) is 0 Å². The molecule has 2 unspecified atom stereocenters. The van der Waals surface area contributed by atoms with Gasteiger partial charge in [-0.2, -0.15) is 0 Å². The van der Waals surface area contributed by atoms with E-state index in [0.29, 0.717) is 12.1 Å². The normalized spacial score (nSPS) is 22.3. The molecule has 2 nitrogen and oxygen atoms in total. The average Bonchev–Trinajstić information content (AvgIpc) is 2.55. The molecule has 1 heterocycles. The number of para-hydroxylation sites is 1. The molecular formula is C18H21BrN2. The van der Waals surface area contributed by atoms with Crippen LogP contribution < -0.4 is 10.2 Å². The molecule has 2 atom stereocenters. The van der Waals surface area contributed by atoms with Crippen LogP contribution in [-0.4, -0.2) is 19.1 Å². The Morgan fingerprint density at radius 2 is 1.81 bits per heavy atom. The molecule has 0 aliphatic carbocycles. The van der Waals surface area contributed by atoms with Crippen LogP contribution in [0, 0.1) is 0 Å². The van der Waals surface area contributed by atoms with Gasteiger partial charge in [0, 0.05) is 23.6 Å². The van der Waals surface area contributed by atoms with E-state index in [4.69, 9.17) is 0 Å². The number of halogens is 1. The third kappa shape index (κ3) is 3.14. The molecule has 21 heavy (non-hydrogen) atoms. The summed E-state index contributed by atoms with van der Waals surface area (Å²) in [5.74, 6) is 0. The molecule has 1 N–H and O–H groups in total. The van der Waals surface area contributed by atoms with E-state index in [1.54, 1.807) is 0 Å². The quantitative estimate of drug-likeness (QED) is 0.888. The maximum absolute atomic E-state index is 3.71. The van der Waals surface area contributed by atoms with Gasteiger partial charge in [-0.05, 0) is 40.0 Å². The van der Waals surface area contributed by atoms with E-state index in [0.717, 1.165) is 19.5 Å². The first-order valence-electron chi connectivity index (χ1n) is 7.59. The zero-order valence-electron chi connectivity index (χ0n) is 12.3. The van der Waals surface area contributed by atoms with Crippen molar-refractivity contribution >= 4 is 21.6 Å². The summed E-state index contributed by atoms with van der Waals surface area (Å²) in [7, 11) is 0. The second kappa shape index (κ2) is 6.63. The number of nitrogens with zero attached hydrogens (tertiary/aromatic N) is 1. The zero-order valence-corrected chi connectivity index (χ0v) is 13.9. The van der Waals surface area contributed by atoms with Crippen molar-refractivity contribution in [3.05, 3.63) is 64.6 Å². The van der Waals surface area contributed by atoms with Gasteiger partial charge >= 0.3 is 0 Å². The lowest BCUT2D eigenvalue weighted by Crippen LogP contribution is -2.52. The lowest BCUT2D eigenvalue weighted by Gasteiger charge is -2.42. The third-order valence-electron chi connectivity index (χ3n) is 4.23. The van der Waals surface area contributed by atoms with Crippen LogP contribution in [0.25, 0.3) is 0 Å². The van der Waals surface area contributed by atoms with E-state index in [2.05, 4.69) is 87.7 Å². The van der Waals surface area contributed by atoms with Crippen molar-refractivity contribution in [2.24, 2.45) is 0 Å². The van der Waals surface area contributed by atoms with Gasteiger partial charge in [0.25, 0.3) is 0 Å². The Balaban J connectivity index is 1.96. The molecule has 0 radical (unpaired) electrons. The molecular weight excluding hydrogens is 324 g/mol. The number of nitrogens with one attached hydrogen (secondary N) is 1. The zero-order chi connectivity index (χ0) is 14.7. The second-order valence-electron chi connectivity index (χ2n) is 5.54. The van der Waals surface area contributed by atoms with Crippen LogP contribution in [0.3, 0.4) is 0 Å². The predicted molar refractivity (Wildman–Crippen MR) is 92.8 cm³/mol. The molecule has 0 amide bonds. The number of hydrogen-bond donors (Lipinski definition) is 1. The van der Waals surface area contributed by atoms with Crippen molar-refractivity contribution in [2.45, 2.75) is 25.4 Å². The van der Waals surface area contributed by atoms with E-state index in [1.165, 1.54) is 15.7 Å². The van der Waals surface area contributed by atoms with Crippen LogP contribution in [0.15, 0.2) is 59.1 Å². The number of benzene rings is 2. The first kappa shape index (κ1) is 14.6. The molecule has 0 spiro atoms. The Hall–Kier alpha value is -1.32. The maximum atomic E-state index is 3.71. The van der Waals surface area contributed by atoms with Gasteiger partial charge in [-0.15, -0.1) is 0 Å². The fourth-order valence-corrected chi connectivity index (χ4v) is 3.53. The standard InChI is InChI=1S/C18H21BrN2/c1-2-15-13-21(17-11-7-6-10-16(17)19)18(12-20-15)14-8-4-3-5-9-14/h3-11,15,18,20H,2,12-13H2,1H3. The highest BCUT2D eigenvalue weighted by Crippen LogP contribution is 2.34. The van der Waals surface area contributed by atoms with Crippen molar-refractivity contribution in [3.63, 3.8) is 0 Å². The molecule has 110 valence electrons. The van der Waals surface area contributed by atoms with Crippen LogP contribution in [-0.2, 0) is 0 Å². The summed E-state index contributed by atoms with van der Waals surface area (Å²) in [4.78, 5) is 2.53. The largest absolute Gasteiger partial charge is 0.361 e. The van der Waals surface area contributed by atoms with Crippen molar-refractivity contribution in [2.75, 3.05) is 18.0 Å². The second-order valence-corrected chi connectivity index (χ2v) is 6.40. The van der Waals surface area contributed by atoms with Gasteiger partial charge in [0.15, 0.2) is 0 Å². The van der Waals surface area contributed by atoms with Crippen LogP contribution in [0.2, 0.25) is 0 Å². The number of anilines is 1. The van der Waals surface area contributed by atoms with Crippen molar-refractivity contribution < 1.29 is 0 Å². The summed E-state index contributed by atoms with van der Waals surface area (Å²) in [5.41, 5.74) is 2.65. The van der Waals surface area contributed by atoms with E-state index in [1.807, 2.05) is 0 Å². The van der Waals surface area contributed by atoms with Gasteiger partial charge in [-0.1, -0.05) is 49.4 Å². The van der Waals surface area contributed by atoms with E-state index < -0.39 is 0 Å². The molecule has 0 bridgehead atoms. The van der Waals surface area contributed by atoms with E-state index >= 15 is 0 Å². The summed E-state index contributed by atoms with van der Waals surface area (Å²) in [6.07, 6.45) is 1.16. The average molecular weight is 345 g/mol. The summed E-state index contributed by atoms with van der Waals surface area (Å²) < 4.78 is 1.17. The predicted octanol–water partition coefficient (Wildman–Crippen LogP) is 4.38. The molecule has 3 rings (SSSR count). The molecule has 1 aliphatic rings. The van der Waals surface area contributed by atoms with Crippen LogP contribution in [0.1, 0.15) is 24.9 Å². The molecule has 1 saturated heterocycles. The fraction of sp³-hybridized carbons (Fsp3) is 0.333. The lowest BCUT2D eigenvalue weighted by molar-refractivity contribution is 0.389. The summed E-state index contributed by atoms with van der Waals surface area (Å²) in [6, 6.07) is 20.2. The first-order valence-corrected chi connectivity index (χ1v) is 8.38. The minimum atomic E-state index is 0.382. The number of rotatable bonds is 3. The summed E-state index contributed by atoms with van der Waals surface area (Å²) in [6.45, 7) is 4.28. The van der Waals surface area contributed by atoms with Crippen LogP contribution in [0.4, 0.5) is 5.69 Å². The highest BCUT2D eigenvalue weighted by Gasteiger charge is 2.29. The summed E-state index contributed by atoms with van der Waals surface area (Å²) >= 11 is 3.71. The molecule has 1 fully saturated rings.